The molecule has 0 aliphatic heterocycles. The molecule has 0 aliphatic carbocycles. The van der Waals surface area contributed by atoms with Gasteiger partial charge in [-0.2, -0.15) is 0 Å². The van der Waals surface area contributed by atoms with Crippen LogP contribution < -0.4 is 5.32 Å². The van der Waals surface area contributed by atoms with Crippen LogP contribution in [0.1, 0.15) is 18.4 Å². The van der Waals surface area contributed by atoms with Crippen LogP contribution in [0, 0.1) is 0 Å². The fraction of sp³-hybridized carbons (Fsp3) is 0.211. The summed E-state index contributed by atoms with van der Waals surface area (Å²) in [4.78, 5) is 28.6. The van der Waals surface area contributed by atoms with Crippen molar-refractivity contribution in [2.24, 2.45) is 0 Å². The van der Waals surface area contributed by atoms with Crippen LogP contribution in [-0.2, 0) is 20.7 Å². The smallest absolute Gasteiger partial charge is 0.306 e. The van der Waals surface area contributed by atoms with Crippen LogP contribution in [0.2, 0.25) is 5.02 Å². The number of aromatic nitrogens is 1. The normalized spacial score (nSPS) is 11.9. The van der Waals surface area contributed by atoms with E-state index in [9.17, 15) is 9.59 Å². The summed E-state index contributed by atoms with van der Waals surface area (Å²) in [5, 5.41) is 4.14. The molecular formula is C19H17ClN2O3S. The lowest BCUT2D eigenvalue weighted by molar-refractivity contribution is -0.153. The number of ether oxygens (including phenoxy) is 1. The number of hydrogen-bond acceptors (Lipinski definition) is 5. The van der Waals surface area contributed by atoms with Crippen LogP contribution in [0.15, 0.2) is 48.5 Å². The van der Waals surface area contributed by atoms with E-state index in [0.717, 1.165) is 15.2 Å². The van der Waals surface area contributed by atoms with E-state index in [1.54, 1.807) is 42.5 Å². The number of nitrogens with one attached hydrogen (secondary N) is 1. The van der Waals surface area contributed by atoms with E-state index < -0.39 is 12.1 Å². The molecule has 0 spiro atoms. The molecule has 7 heteroatoms. The van der Waals surface area contributed by atoms with Crippen molar-refractivity contribution in [3.8, 4) is 0 Å². The predicted molar refractivity (Wildman–Crippen MR) is 104 cm³/mol. The van der Waals surface area contributed by atoms with E-state index in [1.165, 1.54) is 0 Å². The van der Waals surface area contributed by atoms with Crippen LogP contribution >= 0.6 is 22.9 Å². The summed E-state index contributed by atoms with van der Waals surface area (Å²) >= 11 is 7.36. The summed E-state index contributed by atoms with van der Waals surface area (Å²) in [5.41, 5.74) is 1.52. The molecule has 0 fully saturated rings. The molecule has 2 aromatic carbocycles. The van der Waals surface area contributed by atoms with Gasteiger partial charge in [0.25, 0.3) is 5.91 Å². The van der Waals surface area contributed by atoms with E-state index >= 15 is 0 Å². The van der Waals surface area contributed by atoms with E-state index in [2.05, 4.69) is 10.3 Å². The number of carbonyl (C=O) groups is 2. The molecule has 0 aliphatic rings. The Kier molecular flexibility index (Phi) is 5.85. The largest absolute Gasteiger partial charge is 0.453 e. The number of para-hydroxylation sites is 1. The number of benzene rings is 2. The van der Waals surface area contributed by atoms with E-state index in [4.69, 9.17) is 16.3 Å². The Balaban J connectivity index is 1.48. The van der Waals surface area contributed by atoms with Gasteiger partial charge in [0, 0.05) is 17.1 Å². The molecule has 1 heterocycles. The van der Waals surface area contributed by atoms with Gasteiger partial charge in [-0.15, -0.1) is 11.3 Å². The standard InChI is InChI=1S/C19H17ClN2O3S/c1-12(19(24)21-14-8-6-13(20)7-9-14)25-18(23)11-10-17-22-15-4-2-3-5-16(15)26-17/h2-9,12H,10-11H2,1H3,(H,21,24)/t12-/m0/s1. The van der Waals surface area contributed by atoms with Gasteiger partial charge in [0.15, 0.2) is 6.10 Å². The van der Waals surface area contributed by atoms with Gasteiger partial charge < -0.3 is 10.1 Å². The van der Waals surface area contributed by atoms with Crippen LogP contribution in [0.4, 0.5) is 5.69 Å². The summed E-state index contributed by atoms with van der Waals surface area (Å²) in [6, 6.07) is 14.5. The maximum atomic E-state index is 12.1. The predicted octanol–water partition coefficient (Wildman–Crippen LogP) is 4.45. The maximum absolute atomic E-state index is 12.1. The average molecular weight is 389 g/mol. The van der Waals surface area contributed by atoms with Crippen molar-refractivity contribution in [3.63, 3.8) is 0 Å². The highest BCUT2D eigenvalue weighted by Gasteiger charge is 2.18. The molecule has 0 saturated heterocycles. The first-order valence-corrected chi connectivity index (χ1v) is 9.31. The van der Waals surface area contributed by atoms with Crippen LogP contribution in [-0.4, -0.2) is 23.0 Å². The molecule has 26 heavy (non-hydrogen) atoms. The minimum absolute atomic E-state index is 0.179. The lowest BCUT2D eigenvalue weighted by atomic mass is 10.3. The van der Waals surface area contributed by atoms with Gasteiger partial charge in [-0.05, 0) is 43.3 Å². The van der Waals surface area contributed by atoms with Gasteiger partial charge in [0.05, 0.1) is 21.6 Å². The van der Waals surface area contributed by atoms with Crippen molar-refractivity contribution in [1.82, 2.24) is 4.98 Å². The first-order chi connectivity index (χ1) is 12.5. The first kappa shape index (κ1) is 18.4. The molecule has 1 atom stereocenters. The Morgan fingerprint density at radius 3 is 2.65 bits per heavy atom. The van der Waals surface area contributed by atoms with Crippen molar-refractivity contribution < 1.29 is 14.3 Å². The zero-order valence-electron chi connectivity index (χ0n) is 14.1. The maximum Gasteiger partial charge on any atom is 0.306 e. The van der Waals surface area contributed by atoms with Crippen LogP contribution in [0.3, 0.4) is 0 Å². The van der Waals surface area contributed by atoms with Gasteiger partial charge in [-0.1, -0.05) is 23.7 Å². The number of esters is 1. The highest BCUT2D eigenvalue weighted by atomic mass is 35.5. The summed E-state index contributed by atoms with van der Waals surface area (Å²) < 4.78 is 6.29. The first-order valence-electron chi connectivity index (χ1n) is 8.11. The fourth-order valence-corrected chi connectivity index (χ4v) is 3.42. The molecule has 0 radical (unpaired) electrons. The Bertz CT molecular complexity index is 891. The molecule has 0 saturated carbocycles. The zero-order valence-corrected chi connectivity index (χ0v) is 15.6. The van der Waals surface area contributed by atoms with Crippen molar-refractivity contribution in [2.45, 2.75) is 25.9 Å². The molecule has 0 bridgehead atoms. The number of anilines is 1. The topological polar surface area (TPSA) is 68.3 Å². The number of fused-ring (bicyclic) bond motifs is 1. The molecule has 5 nitrogen and oxygen atoms in total. The van der Waals surface area contributed by atoms with E-state index in [-0.39, 0.29) is 12.3 Å². The van der Waals surface area contributed by atoms with Gasteiger partial charge >= 0.3 is 5.97 Å². The minimum Gasteiger partial charge on any atom is -0.453 e. The second-order valence-corrected chi connectivity index (χ2v) is 7.26. The molecule has 1 N–H and O–H groups in total. The van der Waals surface area contributed by atoms with Crippen LogP contribution in [0.5, 0.6) is 0 Å². The third kappa shape index (κ3) is 4.80. The Hall–Kier alpha value is -2.44. The quantitative estimate of drug-likeness (QED) is 0.633. The van der Waals surface area contributed by atoms with Crippen molar-refractivity contribution in [2.75, 3.05) is 5.32 Å². The van der Waals surface area contributed by atoms with Crippen molar-refractivity contribution >= 4 is 50.7 Å². The molecule has 0 unspecified atom stereocenters. The van der Waals surface area contributed by atoms with Crippen molar-refractivity contribution in [3.05, 3.63) is 58.6 Å². The highest BCUT2D eigenvalue weighted by Crippen LogP contribution is 2.22. The molecular weight excluding hydrogens is 372 g/mol. The molecule has 3 aromatic rings. The molecule has 134 valence electrons. The number of rotatable bonds is 6. The number of thiazole rings is 1. The lowest BCUT2D eigenvalue weighted by Gasteiger charge is -2.13. The number of nitrogens with zero attached hydrogens (tertiary/aromatic N) is 1. The average Bonchev–Trinajstić information content (AvgIpc) is 3.05. The number of carbonyl (C=O) groups excluding carboxylic acids is 2. The second-order valence-electron chi connectivity index (χ2n) is 5.70. The Labute approximate surface area is 160 Å². The van der Waals surface area contributed by atoms with E-state index in [1.807, 2.05) is 24.3 Å². The zero-order chi connectivity index (χ0) is 18.5. The second kappa shape index (κ2) is 8.29. The summed E-state index contributed by atoms with van der Waals surface area (Å²) in [5.74, 6) is -0.816. The van der Waals surface area contributed by atoms with Gasteiger partial charge in [0.2, 0.25) is 0 Å². The van der Waals surface area contributed by atoms with Gasteiger partial charge in [0.1, 0.15) is 0 Å². The number of halogens is 1. The monoisotopic (exact) mass is 388 g/mol. The minimum atomic E-state index is -0.881. The fourth-order valence-electron chi connectivity index (χ4n) is 2.32. The summed E-state index contributed by atoms with van der Waals surface area (Å²) in [7, 11) is 0. The van der Waals surface area contributed by atoms with Gasteiger partial charge in [-0.25, -0.2) is 4.98 Å². The third-order valence-corrected chi connectivity index (χ3v) is 5.02. The van der Waals surface area contributed by atoms with Crippen molar-refractivity contribution in [1.29, 1.82) is 0 Å². The SMILES string of the molecule is C[C@H](OC(=O)CCc1nc2ccccc2s1)C(=O)Nc1ccc(Cl)cc1. The Morgan fingerprint density at radius 1 is 1.19 bits per heavy atom. The lowest BCUT2D eigenvalue weighted by Crippen LogP contribution is -2.30. The molecule has 3 rings (SSSR count). The highest BCUT2D eigenvalue weighted by molar-refractivity contribution is 7.18. The third-order valence-electron chi connectivity index (χ3n) is 3.67. The summed E-state index contributed by atoms with van der Waals surface area (Å²) in [6.07, 6.45) is -0.212. The number of hydrogen-bond donors (Lipinski definition) is 1. The number of aryl methyl sites for hydroxylation is 1. The molecule has 1 aromatic heterocycles. The molecule has 1 amide bonds. The van der Waals surface area contributed by atoms with Gasteiger partial charge in [-0.3, -0.25) is 9.59 Å². The Morgan fingerprint density at radius 2 is 1.92 bits per heavy atom. The van der Waals surface area contributed by atoms with E-state index in [0.29, 0.717) is 17.1 Å². The summed E-state index contributed by atoms with van der Waals surface area (Å²) in [6.45, 7) is 1.54. The number of amides is 1. The van der Waals surface area contributed by atoms with Crippen LogP contribution in [0.25, 0.3) is 10.2 Å².